The maximum Gasteiger partial charge on any atom is 0.227 e. The van der Waals surface area contributed by atoms with E-state index in [9.17, 15) is 9.59 Å². The number of rotatable bonds is 5. The van der Waals surface area contributed by atoms with Crippen LogP contribution in [0.5, 0.6) is 5.75 Å². The topological polar surface area (TPSA) is 71.5 Å². The Kier molecular flexibility index (Phi) is 4.77. The zero-order valence-electron chi connectivity index (χ0n) is 14.8. The number of hydrogen-bond donors (Lipinski definition) is 1. The normalized spacial score (nSPS) is 16.7. The van der Waals surface area contributed by atoms with E-state index in [2.05, 4.69) is 10.3 Å². The van der Waals surface area contributed by atoms with Crippen LogP contribution in [0.2, 0.25) is 0 Å². The Bertz CT molecular complexity index is 968. The SMILES string of the molecule is COc1cccc(N2C[C@@H](C(=O)NCc3nc4ccccc4s3)CC2=O)c1. The summed E-state index contributed by atoms with van der Waals surface area (Å²) in [4.78, 5) is 31.1. The molecule has 1 aromatic heterocycles. The standard InChI is InChI=1S/C20H19N3O3S/c1-26-15-6-4-5-14(10-15)23-12-13(9-19(23)24)20(25)21-11-18-22-16-7-2-3-8-17(16)27-18/h2-8,10,13H,9,11-12H2,1H3,(H,21,25)/t13-/m0/s1. The van der Waals surface area contributed by atoms with Gasteiger partial charge < -0.3 is 15.0 Å². The molecule has 1 aliphatic rings. The minimum atomic E-state index is -0.363. The number of methoxy groups -OCH3 is 1. The zero-order valence-corrected chi connectivity index (χ0v) is 15.7. The van der Waals surface area contributed by atoms with Crippen molar-refractivity contribution < 1.29 is 14.3 Å². The van der Waals surface area contributed by atoms with Gasteiger partial charge in [0.15, 0.2) is 0 Å². The lowest BCUT2D eigenvalue weighted by molar-refractivity contribution is -0.126. The summed E-state index contributed by atoms with van der Waals surface area (Å²) in [5.41, 5.74) is 1.69. The second kappa shape index (κ2) is 7.36. The molecule has 0 aliphatic carbocycles. The van der Waals surface area contributed by atoms with Crippen LogP contribution in [0.1, 0.15) is 11.4 Å². The number of nitrogens with zero attached hydrogens (tertiary/aromatic N) is 2. The minimum Gasteiger partial charge on any atom is -0.497 e. The van der Waals surface area contributed by atoms with E-state index in [-0.39, 0.29) is 24.2 Å². The molecule has 2 amide bonds. The van der Waals surface area contributed by atoms with Crippen molar-refractivity contribution in [1.82, 2.24) is 10.3 Å². The molecule has 2 aromatic carbocycles. The Hall–Kier alpha value is -2.93. The van der Waals surface area contributed by atoms with Gasteiger partial charge in [0.2, 0.25) is 11.8 Å². The zero-order chi connectivity index (χ0) is 18.8. The fourth-order valence-corrected chi connectivity index (χ4v) is 4.12. The van der Waals surface area contributed by atoms with Crippen LogP contribution in [-0.4, -0.2) is 30.5 Å². The Balaban J connectivity index is 1.40. The fourth-order valence-electron chi connectivity index (χ4n) is 3.21. The Morgan fingerprint density at radius 2 is 2.15 bits per heavy atom. The lowest BCUT2D eigenvalue weighted by atomic mass is 10.1. The van der Waals surface area contributed by atoms with E-state index in [0.717, 1.165) is 20.9 Å². The Morgan fingerprint density at radius 3 is 2.96 bits per heavy atom. The van der Waals surface area contributed by atoms with Crippen molar-refractivity contribution in [3.05, 3.63) is 53.5 Å². The summed E-state index contributed by atoms with van der Waals surface area (Å²) in [6.45, 7) is 0.750. The van der Waals surface area contributed by atoms with E-state index >= 15 is 0 Å². The second-order valence-corrected chi connectivity index (χ2v) is 7.52. The summed E-state index contributed by atoms with van der Waals surface area (Å²) < 4.78 is 6.31. The summed E-state index contributed by atoms with van der Waals surface area (Å²) in [5.74, 6) is 0.151. The molecule has 0 bridgehead atoms. The third kappa shape index (κ3) is 3.64. The first-order chi connectivity index (χ1) is 13.1. The fraction of sp³-hybridized carbons (Fsp3) is 0.250. The molecule has 1 aliphatic heterocycles. The number of fused-ring (bicyclic) bond motifs is 1. The molecule has 0 saturated carbocycles. The van der Waals surface area contributed by atoms with E-state index < -0.39 is 0 Å². The second-order valence-electron chi connectivity index (χ2n) is 6.40. The minimum absolute atomic E-state index is 0.0524. The average Bonchev–Trinajstić information content (AvgIpc) is 3.29. The summed E-state index contributed by atoms with van der Waals surface area (Å²) >= 11 is 1.57. The molecule has 0 unspecified atom stereocenters. The first-order valence-electron chi connectivity index (χ1n) is 8.70. The van der Waals surface area contributed by atoms with Gasteiger partial charge in [0.1, 0.15) is 10.8 Å². The van der Waals surface area contributed by atoms with Crippen molar-refractivity contribution in [3.63, 3.8) is 0 Å². The molecule has 0 radical (unpaired) electrons. The van der Waals surface area contributed by atoms with E-state index in [1.807, 2.05) is 42.5 Å². The van der Waals surface area contributed by atoms with Gasteiger partial charge >= 0.3 is 0 Å². The van der Waals surface area contributed by atoms with Crippen LogP contribution in [0.3, 0.4) is 0 Å². The Labute approximate surface area is 160 Å². The number of ether oxygens (including phenoxy) is 1. The number of benzene rings is 2. The van der Waals surface area contributed by atoms with Gasteiger partial charge in [-0.15, -0.1) is 11.3 Å². The molecule has 0 spiro atoms. The molecule has 1 fully saturated rings. The molecule has 7 heteroatoms. The van der Waals surface area contributed by atoms with Crippen molar-refractivity contribution >= 4 is 39.1 Å². The Morgan fingerprint density at radius 1 is 1.30 bits per heavy atom. The molecular formula is C20H19N3O3S. The van der Waals surface area contributed by atoms with Crippen molar-refractivity contribution in [2.45, 2.75) is 13.0 Å². The van der Waals surface area contributed by atoms with Crippen molar-refractivity contribution in [2.75, 3.05) is 18.6 Å². The molecule has 27 heavy (non-hydrogen) atoms. The van der Waals surface area contributed by atoms with Gasteiger partial charge in [-0.3, -0.25) is 9.59 Å². The third-order valence-corrected chi connectivity index (χ3v) is 5.65. The molecular weight excluding hydrogens is 362 g/mol. The van der Waals surface area contributed by atoms with Gasteiger partial charge in [0, 0.05) is 24.7 Å². The summed E-state index contributed by atoms with van der Waals surface area (Å²) in [7, 11) is 1.59. The third-order valence-electron chi connectivity index (χ3n) is 4.61. The highest BCUT2D eigenvalue weighted by Crippen LogP contribution is 2.28. The maximum absolute atomic E-state index is 12.5. The highest BCUT2D eigenvalue weighted by atomic mass is 32.1. The summed E-state index contributed by atoms with van der Waals surface area (Å²) in [6, 6.07) is 15.2. The van der Waals surface area contributed by atoms with Crippen LogP contribution in [0.4, 0.5) is 5.69 Å². The molecule has 1 N–H and O–H groups in total. The highest BCUT2D eigenvalue weighted by Gasteiger charge is 2.35. The maximum atomic E-state index is 12.5. The summed E-state index contributed by atoms with van der Waals surface area (Å²) in [6.07, 6.45) is 0.211. The van der Waals surface area contributed by atoms with Crippen molar-refractivity contribution in [1.29, 1.82) is 0 Å². The van der Waals surface area contributed by atoms with Crippen LogP contribution in [0, 0.1) is 5.92 Å². The predicted octanol–water partition coefficient (Wildman–Crippen LogP) is 2.97. The molecule has 2 heterocycles. The smallest absolute Gasteiger partial charge is 0.227 e. The van der Waals surface area contributed by atoms with Crippen LogP contribution in [0.15, 0.2) is 48.5 Å². The van der Waals surface area contributed by atoms with Crippen molar-refractivity contribution in [2.24, 2.45) is 5.92 Å². The van der Waals surface area contributed by atoms with Crippen molar-refractivity contribution in [3.8, 4) is 5.75 Å². The van der Waals surface area contributed by atoms with Gasteiger partial charge in [0.25, 0.3) is 0 Å². The number of amides is 2. The highest BCUT2D eigenvalue weighted by molar-refractivity contribution is 7.18. The van der Waals surface area contributed by atoms with Gasteiger partial charge in [-0.2, -0.15) is 0 Å². The van der Waals surface area contributed by atoms with Gasteiger partial charge in [0.05, 0.1) is 29.8 Å². The van der Waals surface area contributed by atoms with Gasteiger partial charge in [-0.05, 0) is 24.3 Å². The van der Waals surface area contributed by atoms with Crippen LogP contribution in [-0.2, 0) is 16.1 Å². The first-order valence-corrected chi connectivity index (χ1v) is 9.52. The largest absolute Gasteiger partial charge is 0.497 e. The number of nitrogens with one attached hydrogen (secondary N) is 1. The van der Waals surface area contributed by atoms with Crippen LogP contribution in [0.25, 0.3) is 10.2 Å². The predicted molar refractivity (Wildman–Crippen MR) is 105 cm³/mol. The number of aromatic nitrogens is 1. The lowest BCUT2D eigenvalue weighted by Crippen LogP contribution is -2.32. The van der Waals surface area contributed by atoms with Gasteiger partial charge in [-0.1, -0.05) is 18.2 Å². The molecule has 4 rings (SSSR count). The molecule has 138 valence electrons. The monoisotopic (exact) mass is 381 g/mol. The first kappa shape index (κ1) is 17.5. The molecule has 1 saturated heterocycles. The molecule has 6 nitrogen and oxygen atoms in total. The number of carbonyl (C=O) groups is 2. The lowest BCUT2D eigenvalue weighted by Gasteiger charge is -2.17. The summed E-state index contributed by atoms with van der Waals surface area (Å²) in [5, 5.41) is 3.78. The number of hydrogen-bond acceptors (Lipinski definition) is 5. The van der Waals surface area contributed by atoms with Crippen LogP contribution >= 0.6 is 11.3 Å². The molecule has 3 aromatic rings. The number of thiazole rings is 1. The van der Waals surface area contributed by atoms with E-state index in [1.165, 1.54) is 0 Å². The van der Waals surface area contributed by atoms with Crippen LogP contribution < -0.4 is 15.0 Å². The number of para-hydroxylation sites is 1. The average molecular weight is 381 g/mol. The quantitative estimate of drug-likeness (QED) is 0.738. The molecule has 1 atom stereocenters. The van der Waals surface area contributed by atoms with E-state index in [1.54, 1.807) is 29.4 Å². The number of anilines is 1. The van der Waals surface area contributed by atoms with Gasteiger partial charge in [-0.25, -0.2) is 4.98 Å². The number of carbonyl (C=O) groups excluding carboxylic acids is 2. The van der Waals surface area contributed by atoms with E-state index in [0.29, 0.717) is 18.8 Å². The van der Waals surface area contributed by atoms with E-state index in [4.69, 9.17) is 4.74 Å².